The van der Waals surface area contributed by atoms with Gasteiger partial charge in [0.1, 0.15) is 17.2 Å². The molecular weight excluding hydrogens is 216 g/mol. The van der Waals surface area contributed by atoms with Gasteiger partial charge in [-0.05, 0) is 26.8 Å². The molecule has 1 rings (SSSR count). The highest BCUT2D eigenvalue weighted by Crippen LogP contribution is 2.19. The Balaban J connectivity index is 3.05. The van der Waals surface area contributed by atoms with E-state index in [0.717, 1.165) is 12.1 Å². The zero-order chi connectivity index (χ0) is 12.5. The number of carbonyl (C=O) groups is 1. The molecule has 0 aromatic heterocycles. The summed E-state index contributed by atoms with van der Waals surface area (Å²) in [5.41, 5.74) is 3.59. The molecule has 0 atom stereocenters. The van der Waals surface area contributed by atoms with E-state index >= 15 is 0 Å². The molecule has 0 unspecified atom stereocenters. The number of halogens is 2. The molecule has 0 aliphatic rings. The number of ether oxygens (including phenoxy) is 1. The second-order valence-corrected chi connectivity index (χ2v) is 4.36. The Bertz CT molecular complexity index is 425. The lowest BCUT2D eigenvalue weighted by molar-refractivity contribution is 0.00642. The summed E-state index contributed by atoms with van der Waals surface area (Å²) in [6.45, 7) is 4.91. The van der Waals surface area contributed by atoms with Gasteiger partial charge in [0.25, 0.3) is 0 Å². The minimum absolute atomic E-state index is 0.343. The summed E-state index contributed by atoms with van der Waals surface area (Å²) in [6, 6.07) is 1.49. The lowest BCUT2D eigenvalue weighted by Crippen LogP contribution is -2.24. The van der Waals surface area contributed by atoms with Crippen LogP contribution in [0, 0.1) is 11.6 Å². The van der Waals surface area contributed by atoms with Crippen molar-refractivity contribution in [3.05, 3.63) is 29.3 Å². The first kappa shape index (κ1) is 12.4. The molecule has 0 amide bonds. The quantitative estimate of drug-likeness (QED) is 0.594. The van der Waals surface area contributed by atoms with Gasteiger partial charge in [0.15, 0.2) is 0 Å². The molecule has 5 heteroatoms. The first-order chi connectivity index (χ1) is 7.20. The van der Waals surface area contributed by atoms with E-state index < -0.39 is 28.8 Å². The lowest BCUT2D eigenvalue weighted by atomic mass is 10.1. The van der Waals surface area contributed by atoms with E-state index in [2.05, 4.69) is 0 Å². The van der Waals surface area contributed by atoms with Crippen LogP contribution < -0.4 is 5.73 Å². The number of carbonyl (C=O) groups excluding carboxylic acids is 1. The summed E-state index contributed by atoms with van der Waals surface area (Å²) in [4.78, 5) is 11.5. The Hall–Kier alpha value is -1.65. The van der Waals surface area contributed by atoms with Crippen molar-refractivity contribution in [1.82, 2.24) is 0 Å². The number of benzene rings is 1. The Kier molecular flexibility index (Phi) is 3.16. The standard InChI is InChI=1S/C11H13F2NO2/c1-11(2,3)16-10(15)6-4-8(13)9(14)5-7(6)12/h4-5H,14H2,1-3H3. The maximum absolute atomic E-state index is 13.3. The second kappa shape index (κ2) is 4.08. The fourth-order valence-electron chi connectivity index (χ4n) is 1.05. The average molecular weight is 229 g/mol. The Labute approximate surface area is 92.2 Å². The Morgan fingerprint density at radius 1 is 1.25 bits per heavy atom. The first-order valence-electron chi connectivity index (χ1n) is 4.68. The molecule has 1 aromatic rings. The number of rotatable bonds is 1. The number of hydrogen-bond donors (Lipinski definition) is 1. The van der Waals surface area contributed by atoms with Gasteiger partial charge in [0.2, 0.25) is 0 Å². The molecule has 0 aliphatic carbocycles. The third-order valence-corrected chi connectivity index (χ3v) is 1.71. The Morgan fingerprint density at radius 2 is 1.81 bits per heavy atom. The SMILES string of the molecule is CC(C)(C)OC(=O)c1cc(F)c(N)cc1F. The minimum atomic E-state index is -0.913. The fourth-order valence-corrected chi connectivity index (χ4v) is 1.05. The second-order valence-electron chi connectivity index (χ2n) is 4.36. The van der Waals surface area contributed by atoms with E-state index in [-0.39, 0.29) is 5.69 Å². The van der Waals surface area contributed by atoms with Crippen molar-refractivity contribution in [1.29, 1.82) is 0 Å². The maximum atomic E-state index is 13.3. The molecule has 1 aromatic carbocycles. The molecule has 0 fully saturated rings. The van der Waals surface area contributed by atoms with Crippen LogP contribution in [0.5, 0.6) is 0 Å². The molecule has 0 bridgehead atoms. The van der Waals surface area contributed by atoms with E-state index in [1.165, 1.54) is 0 Å². The van der Waals surface area contributed by atoms with Crippen LogP contribution in [0.3, 0.4) is 0 Å². The molecular formula is C11H13F2NO2. The lowest BCUT2D eigenvalue weighted by Gasteiger charge is -2.19. The van der Waals surface area contributed by atoms with Gasteiger partial charge in [-0.25, -0.2) is 13.6 Å². The Morgan fingerprint density at radius 3 is 2.31 bits per heavy atom. The number of nitrogen functional groups attached to an aromatic ring is 1. The smallest absolute Gasteiger partial charge is 0.341 e. The van der Waals surface area contributed by atoms with Gasteiger partial charge in [0.05, 0.1) is 11.3 Å². The van der Waals surface area contributed by atoms with Gasteiger partial charge in [-0.2, -0.15) is 0 Å². The zero-order valence-electron chi connectivity index (χ0n) is 9.30. The molecule has 0 aliphatic heterocycles. The van der Waals surface area contributed by atoms with E-state index in [9.17, 15) is 13.6 Å². The van der Waals surface area contributed by atoms with E-state index in [0.29, 0.717) is 0 Å². The molecule has 2 N–H and O–H groups in total. The van der Waals surface area contributed by atoms with Crippen LogP contribution >= 0.6 is 0 Å². The summed E-state index contributed by atoms with van der Waals surface area (Å²) in [5, 5.41) is 0. The topological polar surface area (TPSA) is 52.3 Å². The van der Waals surface area contributed by atoms with Crippen molar-refractivity contribution in [3.8, 4) is 0 Å². The highest BCUT2D eigenvalue weighted by Gasteiger charge is 2.22. The van der Waals surface area contributed by atoms with Gasteiger partial charge >= 0.3 is 5.97 Å². The van der Waals surface area contributed by atoms with Gasteiger partial charge in [0, 0.05) is 6.07 Å². The fraction of sp³-hybridized carbons (Fsp3) is 0.364. The minimum Gasteiger partial charge on any atom is -0.456 e. The van der Waals surface area contributed by atoms with E-state index in [1.54, 1.807) is 20.8 Å². The normalized spacial score (nSPS) is 11.3. The molecule has 3 nitrogen and oxygen atoms in total. The summed E-state index contributed by atoms with van der Waals surface area (Å²) in [5.74, 6) is -2.65. The van der Waals surface area contributed by atoms with Gasteiger partial charge in [-0.15, -0.1) is 0 Å². The van der Waals surface area contributed by atoms with Crippen LogP contribution in [-0.4, -0.2) is 11.6 Å². The van der Waals surface area contributed by atoms with Crippen molar-refractivity contribution >= 4 is 11.7 Å². The summed E-state index contributed by atoms with van der Waals surface area (Å²) in [6.07, 6.45) is 0. The number of esters is 1. The van der Waals surface area contributed by atoms with E-state index in [4.69, 9.17) is 10.5 Å². The monoisotopic (exact) mass is 229 g/mol. The predicted octanol–water partition coefficient (Wildman–Crippen LogP) is 2.50. The first-order valence-corrected chi connectivity index (χ1v) is 4.68. The molecule has 0 heterocycles. The van der Waals surface area contributed by atoms with Gasteiger partial charge in [-0.1, -0.05) is 0 Å². The number of anilines is 1. The predicted molar refractivity (Wildman–Crippen MR) is 55.9 cm³/mol. The van der Waals surface area contributed by atoms with Crippen molar-refractivity contribution in [2.45, 2.75) is 26.4 Å². The van der Waals surface area contributed by atoms with Gasteiger partial charge in [-0.3, -0.25) is 0 Å². The van der Waals surface area contributed by atoms with Crippen molar-refractivity contribution in [2.24, 2.45) is 0 Å². The van der Waals surface area contributed by atoms with Crippen molar-refractivity contribution < 1.29 is 18.3 Å². The summed E-state index contributed by atoms with van der Waals surface area (Å²) >= 11 is 0. The maximum Gasteiger partial charge on any atom is 0.341 e. The summed E-state index contributed by atoms with van der Waals surface area (Å²) in [7, 11) is 0. The van der Waals surface area contributed by atoms with Crippen LogP contribution in [0.15, 0.2) is 12.1 Å². The van der Waals surface area contributed by atoms with Crippen LogP contribution in [0.1, 0.15) is 31.1 Å². The van der Waals surface area contributed by atoms with Gasteiger partial charge < -0.3 is 10.5 Å². The third-order valence-electron chi connectivity index (χ3n) is 1.71. The van der Waals surface area contributed by atoms with Crippen LogP contribution in [0.2, 0.25) is 0 Å². The third kappa shape index (κ3) is 2.92. The molecule has 0 spiro atoms. The molecule has 88 valence electrons. The molecule has 0 radical (unpaired) electrons. The summed E-state index contributed by atoms with van der Waals surface area (Å²) < 4.78 is 31.3. The van der Waals surface area contributed by atoms with E-state index in [1.807, 2.05) is 0 Å². The molecule has 16 heavy (non-hydrogen) atoms. The molecule has 0 saturated carbocycles. The van der Waals surface area contributed by atoms with Crippen LogP contribution in [-0.2, 0) is 4.74 Å². The highest BCUT2D eigenvalue weighted by molar-refractivity contribution is 5.90. The average Bonchev–Trinajstić information content (AvgIpc) is 2.08. The van der Waals surface area contributed by atoms with Crippen LogP contribution in [0.4, 0.5) is 14.5 Å². The largest absolute Gasteiger partial charge is 0.456 e. The number of nitrogens with two attached hydrogens (primary N) is 1. The molecule has 0 saturated heterocycles. The van der Waals surface area contributed by atoms with Crippen molar-refractivity contribution in [2.75, 3.05) is 5.73 Å². The number of hydrogen-bond acceptors (Lipinski definition) is 3. The zero-order valence-corrected chi connectivity index (χ0v) is 9.30. The van der Waals surface area contributed by atoms with Crippen molar-refractivity contribution in [3.63, 3.8) is 0 Å². The van der Waals surface area contributed by atoms with Crippen LogP contribution in [0.25, 0.3) is 0 Å². The highest BCUT2D eigenvalue weighted by atomic mass is 19.1.